The van der Waals surface area contributed by atoms with Crippen molar-refractivity contribution in [1.29, 1.82) is 0 Å². The smallest absolute Gasteiger partial charge is 0.277 e. The summed E-state index contributed by atoms with van der Waals surface area (Å²) >= 11 is 0. The third-order valence-corrected chi connectivity index (χ3v) is 1.13. The van der Waals surface area contributed by atoms with Gasteiger partial charge in [-0.3, -0.25) is 4.79 Å². The molecule has 0 spiro atoms. The second kappa shape index (κ2) is 4.20. The number of amides is 1. The van der Waals surface area contributed by atoms with Crippen LogP contribution in [0.1, 0.15) is 13.3 Å². The maximum Gasteiger partial charge on any atom is 0.277 e. The fraction of sp³-hybridized carbons (Fsp3) is 0.571. The number of carbonyl (C=O) groups is 1. The van der Waals surface area contributed by atoms with Gasteiger partial charge in [0.05, 0.1) is 0 Å². The summed E-state index contributed by atoms with van der Waals surface area (Å²) in [5, 5.41) is 27.5. The van der Waals surface area contributed by atoms with Crippen LogP contribution in [0.15, 0.2) is 12.2 Å². The van der Waals surface area contributed by atoms with E-state index < -0.39 is 5.97 Å². The summed E-state index contributed by atoms with van der Waals surface area (Å²) in [4.78, 5) is 10.8. The molecule has 0 saturated carbocycles. The van der Waals surface area contributed by atoms with Crippen molar-refractivity contribution in [3.8, 4) is 0 Å². The Morgan fingerprint density at radius 2 is 2.00 bits per heavy atom. The van der Waals surface area contributed by atoms with Gasteiger partial charge >= 0.3 is 0 Å². The second-order valence-electron chi connectivity index (χ2n) is 2.56. The first-order valence-corrected chi connectivity index (χ1v) is 3.44. The molecule has 0 saturated heterocycles. The van der Waals surface area contributed by atoms with Crippen LogP contribution < -0.4 is 5.32 Å². The topological polar surface area (TPSA) is 89.8 Å². The highest BCUT2D eigenvalue weighted by Gasteiger charge is 2.17. The van der Waals surface area contributed by atoms with E-state index in [2.05, 4.69) is 11.9 Å². The van der Waals surface area contributed by atoms with Crippen molar-refractivity contribution < 1.29 is 20.1 Å². The second-order valence-corrected chi connectivity index (χ2v) is 2.56. The van der Waals surface area contributed by atoms with Crippen molar-refractivity contribution in [3.63, 3.8) is 0 Å². The van der Waals surface area contributed by atoms with E-state index in [1.807, 2.05) is 0 Å². The van der Waals surface area contributed by atoms with Crippen LogP contribution in [0.4, 0.5) is 0 Å². The lowest BCUT2D eigenvalue weighted by Crippen LogP contribution is -2.34. The van der Waals surface area contributed by atoms with Crippen LogP contribution in [0.3, 0.4) is 0 Å². The normalized spacial score (nSPS) is 11.0. The fourth-order valence-corrected chi connectivity index (χ4v) is 0.495. The van der Waals surface area contributed by atoms with Crippen LogP contribution in [0.2, 0.25) is 0 Å². The maximum absolute atomic E-state index is 10.8. The molecule has 0 fully saturated rings. The molecule has 0 aromatic carbocycles. The van der Waals surface area contributed by atoms with E-state index in [4.69, 9.17) is 15.3 Å². The first-order valence-electron chi connectivity index (χ1n) is 3.44. The Hall–Kier alpha value is -0.910. The Balaban J connectivity index is 3.58. The summed E-state index contributed by atoms with van der Waals surface area (Å²) in [5.41, 5.74) is 0.328. The van der Waals surface area contributed by atoms with Crippen LogP contribution >= 0.6 is 0 Å². The molecule has 70 valence electrons. The van der Waals surface area contributed by atoms with Crippen LogP contribution in [-0.2, 0) is 4.79 Å². The first kappa shape index (κ1) is 11.1. The molecule has 0 bridgehead atoms. The zero-order valence-corrected chi connectivity index (χ0v) is 6.87. The van der Waals surface area contributed by atoms with Crippen molar-refractivity contribution in [1.82, 2.24) is 5.32 Å². The summed E-state index contributed by atoms with van der Waals surface area (Å²) in [7, 11) is 0. The zero-order valence-electron chi connectivity index (χ0n) is 6.87. The van der Waals surface area contributed by atoms with E-state index in [0.717, 1.165) is 0 Å². The van der Waals surface area contributed by atoms with E-state index in [-0.39, 0.29) is 18.9 Å². The summed E-state index contributed by atoms with van der Waals surface area (Å²) in [6.45, 7) is 4.88. The average Bonchev–Trinajstić information content (AvgIpc) is 1.84. The highest BCUT2D eigenvalue weighted by Crippen LogP contribution is 1.97. The SMILES string of the molecule is C=C(C)C(=O)NCCC(O)(O)O. The number of aliphatic hydroxyl groups is 3. The molecule has 0 aliphatic rings. The van der Waals surface area contributed by atoms with E-state index in [1.165, 1.54) is 6.92 Å². The molecule has 1 amide bonds. The minimum atomic E-state index is -2.72. The minimum absolute atomic E-state index is 0.0187. The Morgan fingerprint density at radius 1 is 1.50 bits per heavy atom. The van der Waals surface area contributed by atoms with E-state index >= 15 is 0 Å². The monoisotopic (exact) mass is 175 g/mol. The maximum atomic E-state index is 10.8. The van der Waals surface area contributed by atoms with Gasteiger partial charge < -0.3 is 20.6 Å². The number of nitrogens with one attached hydrogen (secondary N) is 1. The quantitative estimate of drug-likeness (QED) is 0.316. The predicted molar refractivity (Wildman–Crippen MR) is 41.8 cm³/mol. The molecule has 0 aliphatic heterocycles. The Kier molecular flexibility index (Phi) is 3.88. The third kappa shape index (κ3) is 5.84. The molecule has 0 unspecified atom stereocenters. The highest BCUT2D eigenvalue weighted by molar-refractivity contribution is 5.91. The fourth-order valence-electron chi connectivity index (χ4n) is 0.495. The lowest BCUT2D eigenvalue weighted by atomic mass is 10.3. The van der Waals surface area contributed by atoms with Crippen LogP contribution in [0, 0.1) is 0 Å². The van der Waals surface area contributed by atoms with E-state index in [9.17, 15) is 4.79 Å². The molecule has 0 rings (SSSR count). The molecule has 4 N–H and O–H groups in total. The van der Waals surface area contributed by atoms with Gasteiger partial charge in [0, 0.05) is 18.5 Å². The van der Waals surface area contributed by atoms with Gasteiger partial charge in [0.1, 0.15) is 0 Å². The van der Waals surface area contributed by atoms with Gasteiger partial charge in [0.25, 0.3) is 5.97 Å². The lowest BCUT2D eigenvalue weighted by Gasteiger charge is -2.13. The predicted octanol–water partition coefficient (Wildman–Crippen LogP) is -1.30. The molecular weight excluding hydrogens is 162 g/mol. The largest absolute Gasteiger partial charge is 0.352 e. The van der Waals surface area contributed by atoms with Gasteiger partial charge in [-0.2, -0.15) is 0 Å². The molecular formula is C7H13NO4. The zero-order chi connectivity index (χ0) is 9.78. The Morgan fingerprint density at radius 3 is 2.33 bits per heavy atom. The van der Waals surface area contributed by atoms with Gasteiger partial charge in [-0.15, -0.1) is 0 Å². The summed E-state index contributed by atoms with van der Waals surface area (Å²) < 4.78 is 0. The first-order chi connectivity index (χ1) is 5.33. The van der Waals surface area contributed by atoms with Crippen LogP contribution in [-0.4, -0.2) is 33.7 Å². The van der Waals surface area contributed by atoms with E-state index in [1.54, 1.807) is 0 Å². The number of hydrogen-bond acceptors (Lipinski definition) is 4. The van der Waals surface area contributed by atoms with Gasteiger partial charge in [0.15, 0.2) is 0 Å². The molecule has 0 aliphatic carbocycles. The third-order valence-electron chi connectivity index (χ3n) is 1.13. The van der Waals surface area contributed by atoms with Crippen LogP contribution in [0.5, 0.6) is 0 Å². The molecule has 0 radical (unpaired) electrons. The van der Waals surface area contributed by atoms with E-state index in [0.29, 0.717) is 5.57 Å². The average molecular weight is 175 g/mol. The van der Waals surface area contributed by atoms with Crippen molar-refractivity contribution in [2.75, 3.05) is 6.54 Å². The lowest BCUT2D eigenvalue weighted by molar-refractivity contribution is -0.313. The number of rotatable bonds is 4. The van der Waals surface area contributed by atoms with Gasteiger partial charge in [0.2, 0.25) is 5.91 Å². The molecule has 0 heterocycles. The van der Waals surface area contributed by atoms with Gasteiger partial charge in [-0.05, 0) is 6.92 Å². The molecule has 0 atom stereocenters. The Bertz CT molecular complexity index is 182. The van der Waals surface area contributed by atoms with Crippen molar-refractivity contribution >= 4 is 5.91 Å². The number of hydrogen-bond donors (Lipinski definition) is 4. The molecule has 0 aromatic heterocycles. The molecule has 12 heavy (non-hydrogen) atoms. The van der Waals surface area contributed by atoms with Crippen molar-refractivity contribution in [2.45, 2.75) is 19.3 Å². The van der Waals surface area contributed by atoms with Crippen molar-refractivity contribution in [2.24, 2.45) is 0 Å². The minimum Gasteiger partial charge on any atom is -0.352 e. The molecule has 0 aromatic rings. The summed E-state index contributed by atoms with van der Waals surface area (Å²) in [6, 6.07) is 0. The van der Waals surface area contributed by atoms with Crippen molar-refractivity contribution in [3.05, 3.63) is 12.2 Å². The van der Waals surface area contributed by atoms with Gasteiger partial charge in [-0.1, -0.05) is 6.58 Å². The Labute approximate surface area is 70.3 Å². The van der Waals surface area contributed by atoms with Gasteiger partial charge in [-0.25, -0.2) is 0 Å². The molecule has 5 nitrogen and oxygen atoms in total. The standard InChI is InChI=1S/C7H13NO4/c1-5(2)6(9)8-4-3-7(10,11)12/h10-12H,1,3-4H2,2H3,(H,8,9). The summed E-state index contributed by atoms with van der Waals surface area (Å²) in [6.07, 6.45) is -0.341. The molecule has 5 heteroatoms. The highest BCUT2D eigenvalue weighted by atomic mass is 16.7. The summed E-state index contributed by atoms with van der Waals surface area (Å²) in [5.74, 6) is -3.10. The number of carbonyl (C=O) groups excluding carboxylic acids is 1. The van der Waals surface area contributed by atoms with Crippen LogP contribution in [0.25, 0.3) is 0 Å².